The van der Waals surface area contributed by atoms with Gasteiger partial charge in [0.25, 0.3) is 0 Å². The molecule has 10 heteroatoms. The highest BCUT2D eigenvalue weighted by atomic mass is 35.5. The van der Waals surface area contributed by atoms with E-state index in [-0.39, 0.29) is 34.3 Å². The number of rotatable bonds is 6. The van der Waals surface area contributed by atoms with Crippen molar-refractivity contribution in [3.63, 3.8) is 0 Å². The van der Waals surface area contributed by atoms with Gasteiger partial charge in [0.05, 0.1) is 28.7 Å². The maximum Gasteiger partial charge on any atom is 0.416 e. The van der Waals surface area contributed by atoms with Crippen LogP contribution in [0.2, 0.25) is 5.02 Å². The van der Waals surface area contributed by atoms with Crippen molar-refractivity contribution in [2.45, 2.75) is 32.0 Å². The van der Waals surface area contributed by atoms with E-state index in [0.717, 1.165) is 24.4 Å². The van der Waals surface area contributed by atoms with Crippen LogP contribution in [0, 0.1) is 5.82 Å². The fourth-order valence-electron chi connectivity index (χ4n) is 3.80. The Kier molecular flexibility index (Phi) is 6.56. The minimum atomic E-state index is -4.57. The molecule has 0 unspecified atom stereocenters. The second-order valence-electron chi connectivity index (χ2n) is 7.64. The first-order valence-electron chi connectivity index (χ1n) is 10.2. The molecule has 1 aliphatic carbocycles. The molecule has 1 aliphatic rings. The molecular weight excluding hydrogens is 476 g/mol. The summed E-state index contributed by atoms with van der Waals surface area (Å²) < 4.78 is 59.6. The summed E-state index contributed by atoms with van der Waals surface area (Å²) in [5.41, 5.74) is 1.05. The van der Waals surface area contributed by atoms with Crippen LogP contribution < -0.4 is 4.74 Å². The quantitative estimate of drug-likeness (QED) is 0.389. The number of alkyl halides is 3. The van der Waals surface area contributed by atoms with Gasteiger partial charge < -0.3 is 9.84 Å². The minimum absolute atomic E-state index is 0.0889. The van der Waals surface area contributed by atoms with E-state index in [2.05, 4.69) is 9.97 Å². The van der Waals surface area contributed by atoms with Crippen molar-refractivity contribution < 1.29 is 32.2 Å². The summed E-state index contributed by atoms with van der Waals surface area (Å²) in [4.78, 5) is 19.3. The third-order valence-electron chi connectivity index (χ3n) is 5.41. The largest absolute Gasteiger partial charge is 0.488 e. The lowest BCUT2D eigenvalue weighted by atomic mass is 9.97. The number of halogens is 5. The van der Waals surface area contributed by atoms with Gasteiger partial charge in [-0.25, -0.2) is 14.2 Å². The molecule has 1 heterocycles. The van der Waals surface area contributed by atoms with Crippen molar-refractivity contribution in [1.29, 1.82) is 0 Å². The second-order valence-corrected chi connectivity index (χ2v) is 8.05. The Morgan fingerprint density at radius 2 is 1.85 bits per heavy atom. The highest BCUT2D eigenvalue weighted by Gasteiger charge is 2.32. The molecule has 2 aromatic carbocycles. The Labute approximate surface area is 196 Å². The SMILES string of the molecule is O=C(O)c1cncc(C2=C(c3cc(C(F)(F)F)ccc3OCc3ccc(F)cc3Cl)CCC2)n1. The summed E-state index contributed by atoms with van der Waals surface area (Å²) in [6.45, 7) is -0.0889. The molecular formula is C24H17ClF4N2O3. The molecule has 5 nitrogen and oxygen atoms in total. The lowest BCUT2D eigenvalue weighted by molar-refractivity contribution is -0.137. The van der Waals surface area contributed by atoms with Gasteiger partial charge in [-0.3, -0.25) is 4.98 Å². The Morgan fingerprint density at radius 3 is 2.56 bits per heavy atom. The molecule has 0 saturated carbocycles. The Bertz CT molecular complexity index is 1290. The van der Waals surface area contributed by atoms with E-state index in [1.54, 1.807) is 0 Å². The van der Waals surface area contributed by atoms with Crippen molar-refractivity contribution in [3.8, 4) is 5.75 Å². The van der Waals surface area contributed by atoms with Crippen LogP contribution in [0.25, 0.3) is 11.1 Å². The van der Waals surface area contributed by atoms with Gasteiger partial charge in [0.2, 0.25) is 0 Å². The Balaban J connectivity index is 1.78. The molecule has 4 rings (SSSR count). The van der Waals surface area contributed by atoms with Crippen molar-refractivity contribution >= 4 is 28.7 Å². The van der Waals surface area contributed by atoms with Crippen LogP contribution in [0.4, 0.5) is 17.6 Å². The first kappa shape index (κ1) is 23.7. The van der Waals surface area contributed by atoms with Gasteiger partial charge >= 0.3 is 12.1 Å². The molecule has 0 aliphatic heterocycles. The normalized spacial score (nSPS) is 13.9. The molecule has 0 bridgehead atoms. The van der Waals surface area contributed by atoms with Gasteiger partial charge in [-0.1, -0.05) is 17.7 Å². The lowest BCUT2D eigenvalue weighted by Gasteiger charge is -2.17. The number of carboxylic acids is 1. The van der Waals surface area contributed by atoms with E-state index in [4.69, 9.17) is 16.3 Å². The minimum Gasteiger partial charge on any atom is -0.488 e. The van der Waals surface area contributed by atoms with Crippen molar-refractivity contribution in [2.24, 2.45) is 0 Å². The number of benzene rings is 2. The smallest absolute Gasteiger partial charge is 0.416 e. The zero-order chi connectivity index (χ0) is 24.5. The van der Waals surface area contributed by atoms with Crippen LogP contribution in [-0.4, -0.2) is 21.0 Å². The maximum atomic E-state index is 13.5. The fourth-order valence-corrected chi connectivity index (χ4v) is 4.02. The molecule has 1 aromatic heterocycles. The summed E-state index contributed by atoms with van der Waals surface area (Å²) in [7, 11) is 0. The first-order valence-corrected chi connectivity index (χ1v) is 10.6. The number of hydrogen-bond acceptors (Lipinski definition) is 4. The Hall–Kier alpha value is -3.46. The van der Waals surface area contributed by atoms with Crippen LogP contribution in [-0.2, 0) is 12.8 Å². The zero-order valence-corrected chi connectivity index (χ0v) is 18.3. The van der Waals surface area contributed by atoms with Gasteiger partial charge in [0.15, 0.2) is 5.69 Å². The average Bonchev–Trinajstić information content (AvgIpc) is 3.27. The lowest BCUT2D eigenvalue weighted by Crippen LogP contribution is -2.07. The number of aromatic carboxylic acids is 1. The van der Waals surface area contributed by atoms with Crippen molar-refractivity contribution in [1.82, 2.24) is 9.97 Å². The number of nitrogens with zero attached hydrogens (tertiary/aromatic N) is 2. The molecule has 0 saturated heterocycles. The molecule has 1 N–H and O–H groups in total. The third kappa shape index (κ3) is 5.04. The van der Waals surface area contributed by atoms with Crippen LogP contribution in [0.5, 0.6) is 5.75 Å². The molecule has 0 spiro atoms. The predicted octanol–water partition coefficient (Wildman–Crippen LogP) is 6.66. The second kappa shape index (κ2) is 9.42. The summed E-state index contributed by atoms with van der Waals surface area (Å²) in [5, 5.41) is 9.36. The molecule has 0 fully saturated rings. The van der Waals surface area contributed by atoms with Gasteiger partial charge in [-0.15, -0.1) is 0 Å². The molecule has 3 aromatic rings. The summed E-state index contributed by atoms with van der Waals surface area (Å²) in [6, 6.07) is 6.94. The van der Waals surface area contributed by atoms with Gasteiger partial charge in [0.1, 0.15) is 18.2 Å². The van der Waals surface area contributed by atoms with Crippen molar-refractivity contribution in [3.05, 3.63) is 87.7 Å². The van der Waals surface area contributed by atoms with E-state index >= 15 is 0 Å². The van der Waals surface area contributed by atoms with Gasteiger partial charge in [-0.2, -0.15) is 13.2 Å². The van der Waals surface area contributed by atoms with Crippen molar-refractivity contribution in [2.75, 3.05) is 0 Å². The van der Waals surface area contributed by atoms with E-state index in [9.17, 15) is 27.5 Å². The summed E-state index contributed by atoms with van der Waals surface area (Å²) in [6.07, 6.45) is -0.499. The van der Waals surface area contributed by atoms with Crippen LogP contribution in [0.15, 0.2) is 48.8 Å². The predicted molar refractivity (Wildman–Crippen MR) is 117 cm³/mol. The van der Waals surface area contributed by atoms with Crippen LogP contribution in [0.3, 0.4) is 0 Å². The number of aromatic nitrogens is 2. The average molecular weight is 493 g/mol. The standard InChI is InChI=1S/C24H17ClF4N2O3/c25-19-9-15(26)6-4-13(19)12-34-22-7-5-14(24(27,28)29)8-18(22)16-2-1-3-17(16)20-10-30-11-21(31-20)23(32)33/h4-11H,1-3,12H2,(H,32,33). The highest BCUT2D eigenvalue weighted by Crippen LogP contribution is 2.44. The van der Waals surface area contributed by atoms with Crippen LogP contribution >= 0.6 is 11.6 Å². The highest BCUT2D eigenvalue weighted by molar-refractivity contribution is 6.31. The van der Waals surface area contributed by atoms with E-state index < -0.39 is 23.5 Å². The molecule has 0 atom stereocenters. The zero-order valence-electron chi connectivity index (χ0n) is 17.5. The topological polar surface area (TPSA) is 72.3 Å². The third-order valence-corrected chi connectivity index (χ3v) is 5.76. The Morgan fingerprint density at radius 1 is 1.09 bits per heavy atom. The monoisotopic (exact) mass is 492 g/mol. The molecule has 176 valence electrons. The number of carboxylic acid groups (broad SMARTS) is 1. The number of carbonyl (C=O) groups is 1. The van der Waals surface area contributed by atoms with E-state index in [0.29, 0.717) is 36.0 Å². The fraction of sp³-hybridized carbons (Fsp3) is 0.208. The number of hydrogen-bond donors (Lipinski definition) is 1. The number of allylic oxidation sites excluding steroid dienone is 2. The van der Waals surface area contributed by atoms with Gasteiger partial charge in [-0.05, 0) is 60.7 Å². The van der Waals surface area contributed by atoms with E-state index in [1.165, 1.54) is 24.4 Å². The van der Waals surface area contributed by atoms with Crippen LogP contribution in [0.1, 0.15) is 52.1 Å². The number of ether oxygens (including phenoxy) is 1. The molecule has 0 radical (unpaired) electrons. The maximum absolute atomic E-state index is 13.5. The molecule has 0 amide bonds. The van der Waals surface area contributed by atoms with E-state index in [1.807, 2.05) is 0 Å². The summed E-state index contributed by atoms with van der Waals surface area (Å²) in [5.74, 6) is -1.59. The molecule has 34 heavy (non-hydrogen) atoms. The first-order chi connectivity index (χ1) is 16.1. The summed E-state index contributed by atoms with van der Waals surface area (Å²) >= 11 is 6.05. The van der Waals surface area contributed by atoms with Gasteiger partial charge in [0, 0.05) is 11.1 Å².